The number of piperazine rings is 1. The predicted molar refractivity (Wildman–Crippen MR) is 81.5 cm³/mol. The van der Waals surface area contributed by atoms with E-state index in [1.54, 1.807) is 6.20 Å². The summed E-state index contributed by atoms with van der Waals surface area (Å²) in [6.45, 7) is 7.41. The number of anilines is 2. The zero-order chi connectivity index (χ0) is 14.5. The lowest BCUT2D eigenvalue weighted by Crippen LogP contribution is -2.49. The van der Waals surface area contributed by atoms with Crippen molar-refractivity contribution in [2.24, 2.45) is 5.92 Å². The van der Waals surface area contributed by atoms with Gasteiger partial charge in [0.15, 0.2) is 5.82 Å². The third-order valence-electron chi connectivity index (χ3n) is 3.68. The maximum atomic E-state index is 12.1. The Bertz CT molecular complexity index is 453. The molecule has 0 unspecified atom stereocenters. The van der Waals surface area contributed by atoms with Gasteiger partial charge in [0, 0.05) is 38.8 Å². The van der Waals surface area contributed by atoms with Crippen LogP contribution >= 0.6 is 0 Å². The minimum atomic E-state index is 0.271. The average Bonchev–Trinajstić information content (AvgIpc) is 2.45. The van der Waals surface area contributed by atoms with Crippen LogP contribution in [0.2, 0.25) is 0 Å². The van der Waals surface area contributed by atoms with Crippen molar-refractivity contribution in [3.05, 3.63) is 18.3 Å². The van der Waals surface area contributed by atoms with Crippen molar-refractivity contribution in [1.29, 1.82) is 0 Å². The number of pyridine rings is 1. The molecule has 1 aliphatic rings. The number of nitrogens with zero attached hydrogens (tertiary/aromatic N) is 3. The zero-order valence-corrected chi connectivity index (χ0v) is 12.4. The van der Waals surface area contributed by atoms with Gasteiger partial charge in [-0.2, -0.15) is 0 Å². The monoisotopic (exact) mass is 276 g/mol. The molecular formula is C15H24N4O. The highest BCUT2D eigenvalue weighted by molar-refractivity contribution is 5.76. The van der Waals surface area contributed by atoms with E-state index in [1.807, 2.05) is 17.0 Å². The fourth-order valence-corrected chi connectivity index (χ4v) is 2.41. The van der Waals surface area contributed by atoms with Crippen LogP contribution in [0, 0.1) is 5.92 Å². The van der Waals surface area contributed by atoms with Crippen LogP contribution in [0.1, 0.15) is 26.7 Å². The molecule has 20 heavy (non-hydrogen) atoms. The van der Waals surface area contributed by atoms with E-state index in [0.29, 0.717) is 18.0 Å². The van der Waals surface area contributed by atoms with Crippen molar-refractivity contribution in [2.75, 3.05) is 36.8 Å². The largest absolute Gasteiger partial charge is 0.396 e. The lowest BCUT2D eigenvalue weighted by Gasteiger charge is -2.36. The molecule has 1 aromatic heterocycles. The van der Waals surface area contributed by atoms with Gasteiger partial charge in [0.25, 0.3) is 0 Å². The molecule has 0 bridgehead atoms. The molecule has 5 heteroatoms. The Kier molecular flexibility index (Phi) is 4.82. The standard InChI is InChI=1S/C15H24N4O/c1-12(2)5-6-14(20)18-8-10-19(11-9-18)15-13(16)4-3-7-17-15/h3-4,7,12H,5-6,8-11,16H2,1-2H3. The third-order valence-corrected chi connectivity index (χ3v) is 3.68. The summed E-state index contributed by atoms with van der Waals surface area (Å²) in [5.41, 5.74) is 6.64. The normalized spacial score (nSPS) is 15.8. The number of hydrogen-bond acceptors (Lipinski definition) is 4. The van der Waals surface area contributed by atoms with Crippen LogP contribution in [0.3, 0.4) is 0 Å². The Hall–Kier alpha value is -1.78. The highest BCUT2D eigenvalue weighted by atomic mass is 16.2. The fraction of sp³-hybridized carbons (Fsp3) is 0.600. The van der Waals surface area contributed by atoms with Gasteiger partial charge >= 0.3 is 0 Å². The number of rotatable bonds is 4. The first-order valence-electron chi connectivity index (χ1n) is 7.31. The lowest BCUT2D eigenvalue weighted by atomic mass is 10.1. The summed E-state index contributed by atoms with van der Waals surface area (Å²) in [5.74, 6) is 1.68. The summed E-state index contributed by atoms with van der Waals surface area (Å²) >= 11 is 0. The van der Waals surface area contributed by atoms with Gasteiger partial charge in [-0.05, 0) is 24.5 Å². The van der Waals surface area contributed by atoms with Crippen LogP contribution in [0.4, 0.5) is 11.5 Å². The molecule has 5 nitrogen and oxygen atoms in total. The molecular weight excluding hydrogens is 252 g/mol. The van der Waals surface area contributed by atoms with Crippen molar-refractivity contribution in [1.82, 2.24) is 9.88 Å². The van der Waals surface area contributed by atoms with Gasteiger partial charge in [0.2, 0.25) is 5.91 Å². The molecule has 1 aromatic rings. The number of nitrogens with two attached hydrogens (primary N) is 1. The topological polar surface area (TPSA) is 62.5 Å². The molecule has 2 rings (SSSR count). The summed E-state index contributed by atoms with van der Waals surface area (Å²) in [5, 5.41) is 0. The lowest BCUT2D eigenvalue weighted by molar-refractivity contribution is -0.131. The van der Waals surface area contributed by atoms with E-state index in [2.05, 4.69) is 23.7 Å². The Balaban J connectivity index is 1.86. The van der Waals surface area contributed by atoms with E-state index < -0.39 is 0 Å². The van der Waals surface area contributed by atoms with E-state index >= 15 is 0 Å². The van der Waals surface area contributed by atoms with E-state index in [1.165, 1.54) is 0 Å². The maximum Gasteiger partial charge on any atom is 0.222 e. The molecule has 0 spiro atoms. The van der Waals surface area contributed by atoms with Crippen molar-refractivity contribution in [2.45, 2.75) is 26.7 Å². The maximum absolute atomic E-state index is 12.1. The molecule has 1 fully saturated rings. The Morgan fingerprint density at radius 3 is 2.65 bits per heavy atom. The minimum Gasteiger partial charge on any atom is -0.396 e. The van der Waals surface area contributed by atoms with Crippen LogP contribution in [-0.2, 0) is 4.79 Å². The molecule has 2 N–H and O–H groups in total. The predicted octanol–water partition coefficient (Wildman–Crippen LogP) is 1.75. The Labute approximate surface area is 120 Å². The molecule has 0 saturated carbocycles. The van der Waals surface area contributed by atoms with Crippen molar-refractivity contribution < 1.29 is 4.79 Å². The third kappa shape index (κ3) is 3.62. The van der Waals surface area contributed by atoms with Crippen molar-refractivity contribution >= 4 is 17.4 Å². The summed E-state index contributed by atoms with van der Waals surface area (Å²) in [6.07, 6.45) is 3.38. The SMILES string of the molecule is CC(C)CCC(=O)N1CCN(c2ncccc2N)CC1. The van der Waals surface area contributed by atoms with Crippen LogP contribution in [0.25, 0.3) is 0 Å². The highest BCUT2D eigenvalue weighted by Crippen LogP contribution is 2.20. The quantitative estimate of drug-likeness (QED) is 0.910. The van der Waals surface area contributed by atoms with Crippen LogP contribution in [0.5, 0.6) is 0 Å². The van der Waals surface area contributed by atoms with Gasteiger partial charge < -0.3 is 15.5 Å². The molecule has 110 valence electrons. The second kappa shape index (κ2) is 6.59. The van der Waals surface area contributed by atoms with E-state index in [4.69, 9.17) is 5.73 Å². The van der Waals surface area contributed by atoms with Crippen LogP contribution in [0.15, 0.2) is 18.3 Å². The number of carbonyl (C=O) groups excluding carboxylic acids is 1. The smallest absolute Gasteiger partial charge is 0.222 e. The summed E-state index contributed by atoms with van der Waals surface area (Å²) < 4.78 is 0. The summed E-state index contributed by atoms with van der Waals surface area (Å²) in [6, 6.07) is 3.70. The summed E-state index contributed by atoms with van der Waals surface area (Å²) in [4.78, 5) is 20.5. The van der Waals surface area contributed by atoms with Gasteiger partial charge in [-0.1, -0.05) is 13.8 Å². The Morgan fingerprint density at radius 1 is 1.35 bits per heavy atom. The number of hydrogen-bond donors (Lipinski definition) is 1. The second-order valence-corrected chi connectivity index (χ2v) is 5.72. The number of carbonyl (C=O) groups is 1. The van der Waals surface area contributed by atoms with E-state index in [-0.39, 0.29) is 5.91 Å². The second-order valence-electron chi connectivity index (χ2n) is 5.72. The van der Waals surface area contributed by atoms with Gasteiger partial charge in [-0.15, -0.1) is 0 Å². The van der Waals surface area contributed by atoms with Gasteiger partial charge in [0.05, 0.1) is 5.69 Å². The Morgan fingerprint density at radius 2 is 2.05 bits per heavy atom. The van der Waals surface area contributed by atoms with Crippen molar-refractivity contribution in [3.8, 4) is 0 Å². The van der Waals surface area contributed by atoms with E-state index in [0.717, 1.165) is 38.4 Å². The van der Waals surface area contributed by atoms with Crippen molar-refractivity contribution in [3.63, 3.8) is 0 Å². The summed E-state index contributed by atoms with van der Waals surface area (Å²) in [7, 11) is 0. The fourth-order valence-electron chi connectivity index (χ4n) is 2.41. The number of amides is 1. The van der Waals surface area contributed by atoms with Crippen LogP contribution in [-0.4, -0.2) is 42.0 Å². The van der Waals surface area contributed by atoms with Crippen LogP contribution < -0.4 is 10.6 Å². The molecule has 0 radical (unpaired) electrons. The molecule has 1 amide bonds. The first-order chi connectivity index (χ1) is 9.58. The molecule has 1 aliphatic heterocycles. The molecule has 0 aromatic carbocycles. The molecule has 1 saturated heterocycles. The average molecular weight is 276 g/mol. The first kappa shape index (κ1) is 14.6. The number of aromatic nitrogens is 1. The first-order valence-corrected chi connectivity index (χ1v) is 7.31. The zero-order valence-electron chi connectivity index (χ0n) is 12.4. The highest BCUT2D eigenvalue weighted by Gasteiger charge is 2.22. The molecule has 0 atom stereocenters. The molecule has 2 heterocycles. The van der Waals surface area contributed by atoms with Gasteiger partial charge in [0.1, 0.15) is 0 Å². The van der Waals surface area contributed by atoms with Gasteiger partial charge in [-0.25, -0.2) is 4.98 Å². The minimum absolute atomic E-state index is 0.271. The van der Waals surface area contributed by atoms with E-state index in [9.17, 15) is 4.79 Å². The molecule has 0 aliphatic carbocycles. The van der Waals surface area contributed by atoms with Gasteiger partial charge in [-0.3, -0.25) is 4.79 Å². The number of nitrogen functional groups attached to an aromatic ring is 1.